The van der Waals surface area contributed by atoms with Gasteiger partial charge in [-0.25, -0.2) is 0 Å². The normalized spacial score (nSPS) is 10.5. The van der Waals surface area contributed by atoms with Crippen LogP contribution < -0.4 is 0 Å². The molecule has 0 saturated heterocycles. The van der Waals surface area contributed by atoms with E-state index in [0.29, 0.717) is 5.56 Å². The molecule has 0 heterocycles. The zero-order chi connectivity index (χ0) is 10.8. The number of benzene rings is 2. The predicted octanol–water partition coefficient (Wildman–Crippen LogP) is 3.37. The summed E-state index contributed by atoms with van der Waals surface area (Å²) in [7, 11) is 5.37. The number of hydrogen-bond acceptors (Lipinski definition) is 1. The van der Waals surface area contributed by atoms with Crippen molar-refractivity contribution in [3.8, 4) is 0 Å². The summed E-state index contributed by atoms with van der Waals surface area (Å²) in [4.78, 5) is 11.6. The van der Waals surface area contributed by atoms with E-state index in [2.05, 4.69) is 15.9 Å². The fraction of sp³-hybridized carbons (Fsp3) is 0.0833. The molecule has 0 spiro atoms. The molecule has 2 rings (SSSR count). The van der Waals surface area contributed by atoms with Crippen molar-refractivity contribution >= 4 is 40.3 Å². The summed E-state index contributed by atoms with van der Waals surface area (Å²) in [5, 5.41) is 1.99. The molecule has 0 aliphatic rings. The molecular formula is C12H8BBrO. The highest BCUT2D eigenvalue weighted by Crippen LogP contribution is 2.26. The summed E-state index contributed by atoms with van der Waals surface area (Å²) in [6.07, 6.45) is 0.0472. The zero-order valence-electron chi connectivity index (χ0n) is 8.03. The minimum absolute atomic E-state index is 0.0290. The Kier molecular flexibility index (Phi) is 2.92. The van der Waals surface area contributed by atoms with Gasteiger partial charge in [-0.15, -0.1) is 0 Å². The Bertz CT molecular complexity index is 522. The summed E-state index contributed by atoms with van der Waals surface area (Å²) in [6.45, 7) is 0. The van der Waals surface area contributed by atoms with Crippen molar-refractivity contribution in [1.29, 1.82) is 0 Å². The maximum Gasteiger partial charge on any atom is 0.154 e. The van der Waals surface area contributed by atoms with Crippen LogP contribution in [-0.2, 0) is 0 Å². The molecule has 0 aliphatic carbocycles. The first kappa shape index (κ1) is 10.4. The third kappa shape index (κ3) is 1.84. The molecule has 0 saturated carbocycles. The smallest absolute Gasteiger partial charge is 0.154 e. The van der Waals surface area contributed by atoms with E-state index in [1.54, 1.807) is 0 Å². The van der Waals surface area contributed by atoms with Crippen LogP contribution in [0.3, 0.4) is 0 Å². The van der Waals surface area contributed by atoms with Crippen molar-refractivity contribution in [2.45, 2.75) is 6.32 Å². The van der Waals surface area contributed by atoms with Gasteiger partial charge in [0.1, 0.15) is 0 Å². The van der Waals surface area contributed by atoms with Crippen molar-refractivity contribution in [3.63, 3.8) is 0 Å². The topological polar surface area (TPSA) is 17.1 Å². The lowest BCUT2D eigenvalue weighted by molar-refractivity contribution is 0.101. The number of fused-ring (bicyclic) bond motifs is 1. The number of hydrogen-bond donors (Lipinski definition) is 0. The fourth-order valence-electron chi connectivity index (χ4n) is 1.62. The Hall–Kier alpha value is -1.09. The number of rotatable bonds is 2. The van der Waals surface area contributed by atoms with E-state index < -0.39 is 0 Å². The van der Waals surface area contributed by atoms with Crippen LogP contribution in [-0.4, -0.2) is 13.6 Å². The molecule has 0 unspecified atom stereocenters. The number of halogens is 1. The molecule has 0 amide bonds. The number of Topliss-reactive ketones (excluding diaryl/α,β-unsaturated/α-hetero) is 1. The van der Waals surface area contributed by atoms with Gasteiger partial charge in [0.2, 0.25) is 0 Å². The monoisotopic (exact) mass is 258 g/mol. The van der Waals surface area contributed by atoms with Gasteiger partial charge in [-0.3, -0.25) is 4.79 Å². The molecule has 0 N–H and O–H groups in total. The van der Waals surface area contributed by atoms with Gasteiger partial charge in [-0.1, -0.05) is 46.3 Å². The van der Waals surface area contributed by atoms with E-state index in [9.17, 15) is 4.79 Å². The van der Waals surface area contributed by atoms with Crippen LogP contribution in [0.25, 0.3) is 10.8 Å². The highest BCUT2D eigenvalue weighted by molar-refractivity contribution is 9.10. The van der Waals surface area contributed by atoms with E-state index in [0.717, 1.165) is 15.2 Å². The Balaban J connectivity index is 2.77. The molecule has 1 nitrogen and oxygen atoms in total. The maximum atomic E-state index is 11.6. The predicted molar refractivity (Wildman–Crippen MR) is 66.5 cm³/mol. The molecule has 15 heavy (non-hydrogen) atoms. The Labute approximate surface area is 98.0 Å². The first-order chi connectivity index (χ1) is 7.24. The van der Waals surface area contributed by atoms with E-state index in [1.807, 2.05) is 36.4 Å². The molecule has 2 radical (unpaired) electrons. The second-order valence-corrected chi connectivity index (χ2v) is 4.12. The molecule has 2 aromatic carbocycles. The van der Waals surface area contributed by atoms with E-state index in [1.165, 1.54) is 0 Å². The molecule has 72 valence electrons. The second kappa shape index (κ2) is 4.19. The van der Waals surface area contributed by atoms with Crippen molar-refractivity contribution in [2.75, 3.05) is 0 Å². The standard InChI is InChI=1S/C12H8BBrO/c13-7-12(15)10-5-1-4-9-8(10)3-2-6-11(9)14/h1-6H,7H2. The van der Waals surface area contributed by atoms with Crippen molar-refractivity contribution in [3.05, 3.63) is 46.4 Å². The summed E-state index contributed by atoms with van der Waals surface area (Å²) in [5.41, 5.74) is 0.691. The van der Waals surface area contributed by atoms with Gasteiger partial charge < -0.3 is 0 Å². The van der Waals surface area contributed by atoms with Crippen LogP contribution in [0.2, 0.25) is 6.32 Å². The van der Waals surface area contributed by atoms with Gasteiger partial charge in [-0.2, -0.15) is 0 Å². The zero-order valence-corrected chi connectivity index (χ0v) is 9.62. The van der Waals surface area contributed by atoms with E-state index >= 15 is 0 Å². The summed E-state index contributed by atoms with van der Waals surface area (Å²) in [5.74, 6) is -0.0290. The van der Waals surface area contributed by atoms with Gasteiger partial charge in [0.05, 0.1) is 7.85 Å². The van der Waals surface area contributed by atoms with Gasteiger partial charge >= 0.3 is 0 Å². The van der Waals surface area contributed by atoms with E-state index in [4.69, 9.17) is 7.85 Å². The first-order valence-corrected chi connectivity index (χ1v) is 5.44. The molecule has 0 aromatic heterocycles. The molecule has 0 aliphatic heterocycles. The SMILES string of the molecule is [B]CC(=O)c1cccc2c(Br)cccc12. The van der Waals surface area contributed by atoms with Crippen molar-refractivity contribution < 1.29 is 4.79 Å². The van der Waals surface area contributed by atoms with Crippen LogP contribution in [0.5, 0.6) is 0 Å². The van der Waals surface area contributed by atoms with Crippen molar-refractivity contribution in [2.24, 2.45) is 0 Å². The molecule has 2 aromatic rings. The first-order valence-electron chi connectivity index (χ1n) is 4.64. The van der Waals surface area contributed by atoms with Gasteiger partial charge in [-0.05, 0) is 23.2 Å². The van der Waals surface area contributed by atoms with E-state index in [-0.39, 0.29) is 12.1 Å². The highest BCUT2D eigenvalue weighted by Gasteiger charge is 2.08. The Morgan fingerprint density at radius 1 is 1.13 bits per heavy atom. The second-order valence-electron chi connectivity index (χ2n) is 3.27. The number of ketones is 1. The minimum atomic E-state index is -0.0290. The quantitative estimate of drug-likeness (QED) is 0.596. The summed E-state index contributed by atoms with van der Waals surface area (Å²) >= 11 is 3.46. The van der Waals surface area contributed by atoms with Crippen LogP contribution in [0, 0.1) is 0 Å². The van der Waals surface area contributed by atoms with Crippen LogP contribution in [0.1, 0.15) is 10.4 Å². The lowest BCUT2D eigenvalue weighted by atomic mass is 9.93. The molecule has 0 fully saturated rings. The Morgan fingerprint density at radius 2 is 1.80 bits per heavy atom. The van der Waals surface area contributed by atoms with Gasteiger partial charge in [0.15, 0.2) is 5.78 Å². The number of carbonyl (C=O) groups is 1. The highest BCUT2D eigenvalue weighted by atomic mass is 79.9. The van der Waals surface area contributed by atoms with Crippen molar-refractivity contribution in [1.82, 2.24) is 0 Å². The lowest BCUT2D eigenvalue weighted by Crippen LogP contribution is -1.98. The summed E-state index contributed by atoms with van der Waals surface area (Å²) < 4.78 is 0.992. The van der Waals surface area contributed by atoms with Crippen LogP contribution >= 0.6 is 15.9 Å². The molecule has 0 atom stereocenters. The van der Waals surface area contributed by atoms with Gasteiger partial charge in [0, 0.05) is 10.0 Å². The van der Waals surface area contributed by atoms with Gasteiger partial charge in [0.25, 0.3) is 0 Å². The largest absolute Gasteiger partial charge is 0.295 e. The number of carbonyl (C=O) groups excluding carboxylic acids is 1. The minimum Gasteiger partial charge on any atom is -0.295 e. The summed E-state index contributed by atoms with van der Waals surface area (Å²) in [6, 6.07) is 11.5. The maximum absolute atomic E-state index is 11.6. The van der Waals surface area contributed by atoms with Crippen LogP contribution in [0.4, 0.5) is 0 Å². The molecule has 3 heteroatoms. The third-order valence-electron chi connectivity index (χ3n) is 2.35. The fourth-order valence-corrected chi connectivity index (χ4v) is 2.12. The molecular weight excluding hydrogens is 251 g/mol. The average molecular weight is 259 g/mol. The molecule has 0 bridgehead atoms. The Morgan fingerprint density at radius 3 is 2.53 bits per heavy atom. The lowest BCUT2D eigenvalue weighted by Gasteiger charge is -2.05. The van der Waals surface area contributed by atoms with Crippen LogP contribution in [0.15, 0.2) is 40.9 Å². The third-order valence-corrected chi connectivity index (χ3v) is 3.05. The average Bonchev–Trinajstić information content (AvgIpc) is 2.28.